The van der Waals surface area contributed by atoms with Crippen molar-refractivity contribution in [1.29, 1.82) is 0 Å². The molecule has 2 unspecified atom stereocenters. The summed E-state index contributed by atoms with van der Waals surface area (Å²) in [5, 5.41) is 44.9. The molecule has 4 aliphatic rings. The normalized spacial score (nSPS) is 20.6. The maximum Gasteiger partial charge on any atom is 0.232 e. The highest BCUT2D eigenvalue weighted by molar-refractivity contribution is 5.47. The number of aliphatic hydroxyl groups is 2. The molecular formula is C92H178N16O6. The first-order valence-corrected chi connectivity index (χ1v) is 47.2. The molecule has 0 amide bonds. The molecule has 2 aromatic heterocycles. The van der Waals surface area contributed by atoms with Gasteiger partial charge < -0.3 is 41.3 Å². The summed E-state index contributed by atoms with van der Waals surface area (Å²) < 4.78 is 0. The van der Waals surface area contributed by atoms with Gasteiger partial charge in [0.2, 0.25) is 35.7 Å². The number of rotatable bonds is 59. The van der Waals surface area contributed by atoms with Gasteiger partial charge in [-0.1, -0.05) is 196 Å². The average molecular weight is 1600 g/mol. The summed E-state index contributed by atoms with van der Waals surface area (Å²) in [5.41, 5.74) is -1.99. The second-order valence-corrected chi connectivity index (χ2v) is 40.3. The monoisotopic (exact) mass is 1600 g/mol. The molecule has 6 N–H and O–H groups in total. The zero-order chi connectivity index (χ0) is 83.6. The number of unbranched alkanes of at least 4 members (excludes halogenated alkanes) is 23. The number of aromatic nitrogens is 6. The third-order valence-corrected chi connectivity index (χ3v) is 25.2. The van der Waals surface area contributed by atoms with E-state index in [1.54, 1.807) is 0 Å². The zero-order valence-corrected chi connectivity index (χ0v) is 77.7. The van der Waals surface area contributed by atoms with Gasteiger partial charge in [0.1, 0.15) is 0 Å². The van der Waals surface area contributed by atoms with E-state index in [-0.39, 0.29) is 81.7 Å². The van der Waals surface area contributed by atoms with Gasteiger partial charge in [-0.2, -0.15) is 50.2 Å². The first kappa shape index (κ1) is 99.2. The van der Waals surface area contributed by atoms with E-state index >= 15 is 0 Å². The summed E-state index contributed by atoms with van der Waals surface area (Å²) in [6.07, 6.45) is 44.6. The molecule has 4 saturated heterocycles. The fourth-order valence-corrected chi connectivity index (χ4v) is 20.9. The van der Waals surface area contributed by atoms with Crippen molar-refractivity contribution in [2.75, 3.05) is 96.9 Å². The van der Waals surface area contributed by atoms with Gasteiger partial charge in [-0.3, -0.25) is 19.4 Å². The van der Waals surface area contributed by atoms with Crippen molar-refractivity contribution in [3.63, 3.8) is 0 Å². The summed E-state index contributed by atoms with van der Waals surface area (Å²) in [7, 11) is 0. The number of nitrogens with zero attached hydrogens (tertiary/aromatic N) is 12. The highest BCUT2D eigenvalue weighted by Gasteiger charge is 2.53. The van der Waals surface area contributed by atoms with Gasteiger partial charge in [-0.25, -0.2) is 0 Å². The van der Waals surface area contributed by atoms with E-state index in [9.17, 15) is 10.2 Å². The van der Waals surface area contributed by atoms with E-state index in [4.69, 9.17) is 49.3 Å². The number of hydrogen-bond donors (Lipinski definition) is 6. The summed E-state index contributed by atoms with van der Waals surface area (Å²) in [4.78, 5) is 64.6. The van der Waals surface area contributed by atoms with Gasteiger partial charge in [0.25, 0.3) is 0 Å². The van der Waals surface area contributed by atoms with Crippen molar-refractivity contribution < 1.29 is 29.6 Å². The molecule has 22 nitrogen and oxygen atoms in total. The molecule has 662 valence electrons. The molecule has 0 aromatic carbocycles. The topological polar surface area (TPSA) is 222 Å². The Morgan fingerprint density at radius 3 is 0.807 bits per heavy atom. The highest BCUT2D eigenvalue weighted by atomic mass is 16.7. The zero-order valence-electron chi connectivity index (χ0n) is 77.7. The van der Waals surface area contributed by atoms with E-state index in [1.165, 1.54) is 128 Å². The molecule has 0 spiro atoms. The van der Waals surface area contributed by atoms with Crippen LogP contribution in [-0.4, -0.2) is 195 Å². The first-order valence-electron chi connectivity index (χ1n) is 47.2. The van der Waals surface area contributed by atoms with E-state index in [2.05, 4.69) is 204 Å². The van der Waals surface area contributed by atoms with Crippen LogP contribution < -0.4 is 31.1 Å². The lowest BCUT2D eigenvalue weighted by molar-refractivity contribution is -0.289. The van der Waals surface area contributed by atoms with Crippen LogP contribution in [0.4, 0.5) is 35.7 Å². The molecule has 4 fully saturated rings. The molecule has 22 heteroatoms. The minimum atomic E-state index is -0.302. The molecule has 6 heterocycles. The summed E-state index contributed by atoms with van der Waals surface area (Å²) in [6.45, 7) is 56.5. The molecule has 2 atom stereocenters. The van der Waals surface area contributed by atoms with Crippen molar-refractivity contribution in [2.45, 2.75) is 478 Å². The quantitative estimate of drug-likeness (QED) is 0.0339. The molecule has 114 heavy (non-hydrogen) atoms. The summed E-state index contributed by atoms with van der Waals surface area (Å²) in [5.74, 6) is 4.08. The Labute approximate surface area is 698 Å². The second kappa shape index (κ2) is 48.8. The van der Waals surface area contributed by atoms with Crippen molar-refractivity contribution in [2.24, 2.45) is 11.8 Å². The van der Waals surface area contributed by atoms with Crippen molar-refractivity contribution in [3.05, 3.63) is 0 Å². The molecule has 2 aromatic rings. The number of aliphatic hydroxyl groups excluding tert-OH is 2. The van der Waals surface area contributed by atoms with Crippen molar-refractivity contribution in [3.8, 4) is 0 Å². The van der Waals surface area contributed by atoms with Crippen LogP contribution >= 0.6 is 0 Å². The number of hydrogen-bond acceptors (Lipinski definition) is 22. The molecule has 0 radical (unpaired) electrons. The Bertz CT molecular complexity index is 2670. The lowest BCUT2D eigenvalue weighted by Crippen LogP contribution is -2.64. The Kier molecular flexibility index (Phi) is 42.4. The highest BCUT2D eigenvalue weighted by Crippen LogP contribution is 2.48. The fraction of sp³-hybridized carbons (Fsp3) is 0.935. The number of piperidine rings is 4. The molecule has 6 rings (SSSR count). The van der Waals surface area contributed by atoms with Crippen LogP contribution in [0.5, 0.6) is 0 Å². The van der Waals surface area contributed by atoms with Gasteiger partial charge in [-0.05, 0) is 225 Å². The van der Waals surface area contributed by atoms with Gasteiger partial charge in [-0.15, -0.1) is 0 Å². The number of nitrogens with one attached hydrogen (secondary N) is 4. The standard InChI is InChI=1S/C92H178N16O6/c1-23-29-33-37-43-49-61-111-105-85(7,8)65-73(66-86(105,9)10)77(53-27-5)95-81-97-79(93-55-59-109)99-83(101-81)103(75-69-89(15,16)107(90(17,18)70-75)113-63-51-45-39-35-31-25-3)57-47-41-42-48-58-104(76-71-91(19,20)108(92(21,22)72-76)114-64-52-46-40-36-32-26-4)84-100-80(94-56-60-110)98-82(102-84)96-78(54-28-6)74-67-87(11,12)106(88(13,14)68-74)112-62-50-44-38-34-30-24-2/h73-78,109-110H,23-72H2,1-22H3,(H2,93,95,97,99,101)(H2,94,96,98,100,102). The number of hydroxylamine groups is 8. The van der Waals surface area contributed by atoms with E-state index < -0.39 is 0 Å². The predicted octanol–water partition coefficient (Wildman–Crippen LogP) is 21.6. The molecule has 0 saturated carbocycles. The summed E-state index contributed by atoms with van der Waals surface area (Å²) in [6, 6.07) is 0.379. The van der Waals surface area contributed by atoms with Crippen LogP contribution in [-0.2, 0) is 19.4 Å². The predicted molar refractivity (Wildman–Crippen MR) is 477 cm³/mol. The first-order chi connectivity index (χ1) is 54.2. The Balaban J connectivity index is 1.33. The molecular weight excluding hydrogens is 1430 g/mol. The Hall–Kier alpha value is -3.58. The van der Waals surface area contributed by atoms with Crippen LogP contribution in [0, 0.1) is 11.8 Å². The van der Waals surface area contributed by atoms with E-state index in [0.717, 1.165) is 155 Å². The van der Waals surface area contributed by atoms with E-state index in [1.807, 2.05) is 0 Å². The molecule has 0 aliphatic carbocycles. The third kappa shape index (κ3) is 31.5. The minimum Gasteiger partial charge on any atom is -0.395 e. The lowest BCUT2D eigenvalue weighted by atomic mass is 9.71. The van der Waals surface area contributed by atoms with Crippen LogP contribution in [0.2, 0.25) is 0 Å². The van der Waals surface area contributed by atoms with Gasteiger partial charge in [0.05, 0.1) is 39.6 Å². The van der Waals surface area contributed by atoms with Gasteiger partial charge >= 0.3 is 0 Å². The van der Waals surface area contributed by atoms with Crippen LogP contribution in [0.15, 0.2) is 0 Å². The minimum absolute atomic E-state index is 0.0473. The second-order valence-electron chi connectivity index (χ2n) is 40.3. The molecule has 0 bridgehead atoms. The maximum atomic E-state index is 10.3. The lowest BCUT2D eigenvalue weighted by Gasteiger charge is -2.55. The SMILES string of the molecule is CCCCCCCCON1C(C)(C)CC(C(CCC)Nc2nc(NCCO)nc(N(CCCCCCN(c3nc(NCCO)nc(NC(CCC)C4CC(C)(C)N(OCCCCCCCC)C(C)(C)C4)n3)C3CC(C)(C)N(OCCCCCCCC)C(C)(C)C3)C3CC(C)(C)N(OCCCCCCCC)C(C)(C)C3)n2)CC1(C)C. The summed E-state index contributed by atoms with van der Waals surface area (Å²) >= 11 is 0. The van der Waals surface area contributed by atoms with Gasteiger partial charge in [0.15, 0.2) is 0 Å². The van der Waals surface area contributed by atoms with E-state index in [0.29, 0.717) is 73.8 Å². The van der Waals surface area contributed by atoms with Gasteiger partial charge in [0, 0.05) is 94.7 Å². The number of anilines is 6. The Morgan fingerprint density at radius 1 is 0.316 bits per heavy atom. The van der Waals surface area contributed by atoms with Crippen LogP contribution in [0.25, 0.3) is 0 Å². The fourth-order valence-electron chi connectivity index (χ4n) is 20.9. The van der Waals surface area contributed by atoms with Crippen LogP contribution in [0.3, 0.4) is 0 Å². The largest absolute Gasteiger partial charge is 0.395 e. The third-order valence-electron chi connectivity index (χ3n) is 25.2. The van der Waals surface area contributed by atoms with Crippen LogP contribution in [0.1, 0.15) is 409 Å². The Morgan fingerprint density at radius 2 is 0.553 bits per heavy atom. The molecule has 4 aliphatic heterocycles. The van der Waals surface area contributed by atoms with Crippen molar-refractivity contribution in [1.82, 2.24) is 50.2 Å². The smallest absolute Gasteiger partial charge is 0.232 e. The van der Waals surface area contributed by atoms with Crippen molar-refractivity contribution >= 4 is 35.7 Å². The average Bonchev–Trinajstić information content (AvgIpc) is 0.771. The maximum absolute atomic E-state index is 10.3.